The lowest BCUT2D eigenvalue weighted by Gasteiger charge is -2.01. The van der Waals surface area contributed by atoms with Crippen molar-refractivity contribution in [2.24, 2.45) is 0 Å². The van der Waals surface area contributed by atoms with E-state index in [1.807, 2.05) is 0 Å². The lowest BCUT2D eigenvalue weighted by Crippen LogP contribution is -2.00. The molecule has 0 spiro atoms. The first-order valence-electron chi connectivity index (χ1n) is 5.70. The van der Waals surface area contributed by atoms with Crippen LogP contribution in [0.3, 0.4) is 0 Å². The number of nitrogens with two attached hydrogens (primary N) is 1. The average Bonchev–Trinajstić information content (AvgIpc) is 2.70. The van der Waals surface area contributed by atoms with Gasteiger partial charge in [0.2, 0.25) is 5.95 Å². The fraction of sp³-hybridized carbons (Fsp3) is 0.300. The zero-order valence-electron chi connectivity index (χ0n) is 10.3. The lowest BCUT2D eigenvalue weighted by atomic mass is 10.4. The fourth-order valence-electron chi connectivity index (χ4n) is 1.61. The third-order valence-electron chi connectivity index (χ3n) is 2.49. The minimum absolute atomic E-state index is 0.0646. The van der Waals surface area contributed by atoms with Gasteiger partial charge in [-0.3, -0.25) is 4.57 Å². The molecule has 4 N–H and O–H groups in total. The number of allylic oxidation sites excluding steroid dienone is 2. The first kappa shape index (κ1) is 14.9. The topological polar surface area (TPSA) is 127 Å². The second-order valence-corrected chi connectivity index (χ2v) is 6.22. The molecule has 0 aliphatic rings. The second kappa shape index (κ2) is 5.88. The summed E-state index contributed by atoms with van der Waals surface area (Å²) in [5.74, 6) is 0.0646. The van der Waals surface area contributed by atoms with Crippen LogP contribution in [-0.2, 0) is 11.1 Å². The Morgan fingerprint density at radius 2 is 2.15 bits per heavy atom. The Morgan fingerprint density at radius 1 is 1.40 bits per heavy atom. The summed E-state index contributed by atoms with van der Waals surface area (Å²) in [6.45, 7) is 0.449. The summed E-state index contributed by atoms with van der Waals surface area (Å²) in [7, 11) is -3.94. The molecule has 2 aromatic heterocycles. The summed E-state index contributed by atoms with van der Waals surface area (Å²) in [5.41, 5.74) is 6.50. The first-order chi connectivity index (χ1) is 9.37. The van der Waals surface area contributed by atoms with Crippen LogP contribution < -0.4 is 5.73 Å². The van der Waals surface area contributed by atoms with Gasteiger partial charge in [0.1, 0.15) is 5.52 Å². The number of aromatic nitrogens is 4. The molecule has 8 nitrogen and oxygen atoms in total. The molecule has 0 bridgehead atoms. The maximum atomic E-state index is 10.7. The maximum absolute atomic E-state index is 10.7. The Bertz CT molecular complexity index is 696. The van der Waals surface area contributed by atoms with Crippen molar-refractivity contribution in [1.82, 2.24) is 19.5 Å². The predicted octanol–water partition coefficient (Wildman–Crippen LogP) is 1.19. The standard InChI is InChI=1S/C10H13ClN5O3P/c11-8-7-9(15-10(12)14-8)16(6-13-7)4-2-1-3-5-20(17,18)19/h1-2,6H,3-5H2,(H2,12,14,15)(H2,17,18,19). The Kier molecular flexibility index (Phi) is 4.39. The van der Waals surface area contributed by atoms with Crippen LogP contribution in [0.15, 0.2) is 18.5 Å². The largest absolute Gasteiger partial charge is 0.368 e. The van der Waals surface area contributed by atoms with Crippen LogP contribution in [0, 0.1) is 0 Å². The molecule has 2 aromatic rings. The number of hydrogen-bond donors (Lipinski definition) is 3. The van der Waals surface area contributed by atoms with E-state index in [2.05, 4.69) is 15.0 Å². The van der Waals surface area contributed by atoms with Gasteiger partial charge in [-0.05, 0) is 6.42 Å². The average molecular weight is 318 g/mol. The van der Waals surface area contributed by atoms with E-state index in [1.54, 1.807) is 23.0 Å². The fourth-order valence-corrected chi connectivity index (χ4v) is 2.31. The number of fused-ring (bicyclic) bond motifs is 1. The van der Waals surface area contributed by atoms with E-state index in [0.717, 1.165) is 0 Å². The van der Waals surface area contributed by atoms with Crippen LogP contribution in [0.25, 0.3) is 11.2 Å². The van der Waals surface area contributed by atoms with Crippen molar-refractivity contribution in [2.45, 2.75) is 13.0 Å². The number of hydrogen-bond acceptors (Lipinski definition) is 5. The molecule has 0 unspecified atom stereocenters. The van der Waals surface area contributed by atoms with Crippen molar-refractivity contribution in [2.75, 3.05) is 11.9 Å². The molecular weight excluding hydrogens is 305 g/mol. The molecule has 0 aromatic carbocycles. The maximum Gasteiger partial charge on any atom is 0.325 e. The minimum Gasteiger partial charge on any atom is -0.368 e. The number of halogens is 1. The Morgan fingerprint density at radius 3 is 2.85 bits per heavy atom. The summed E-state index contributed by atoms with van der Waals surface area (Å²) in [5, 5.41) is 0.191. The highest BCUT2D eigenvalue weighted by Gasteiger charge is 2.11. The quantitative estimate of drug-likeness (QED) is 0.429. The molecule has 10 heteroatoms. The van der Waals surface area contributed by atoms with E-state index in [1.165, 1.54) is 0 Å². The van der Waals surface area contributed by atoms with Gasteiger partial charge in [-0.15, -0.1) is 0 Å². The van der Waals surface area contributed by atoms with Gasteiger partial charge in [-0.2, -0.15) is 9.97 Å². The zero-order valence-corrected chi connectivity index (χ0v) is 12.0. The molecule has 2 heterocycles. The van der Waals surface area contributed by atoms with Crippen molar-refractivity contribution in [1.29, 1.82) is 0 Å². The van der Waals surface area contributed by atoms with Gasteiger partial charge in [0.15, 0.2) is 10.8 Å². The number of rotatable bonds is 5. The summed E-state index contributed by atoms with van der Waals surface area (Å²) in [6.07, 6.45) is 5.14. The van der Waals surface area contributed by atoms with Gasteiger partial charge >= 0.3 is 7.60 Å². The van der Waals surface area contributed by atoms with Crippen LogP contribution in [0.2, 0.25) is 5.15 Å². The number of anilines is 1. The summed E-state index contributed by atoms with van der Waals surface area (Å²) < 4.78 is 12.4. The van der Waals surface area contributed by atoms with Gasteiger partial charge in [-0.1, -0.05) is 23.8 Å². The molecule has 0 fully saturated rings. The third kappa shape index (κ3) is 3.77. The zero-order chi connectivity index (χ0) is 14.8. The number of nitrogen functional groups attached to an aromatic ring is 1. The first-order valence-corrected chi connectivity index (χ1v) is 7.88. The van der Waals surface area contributed by atoms with Crippen molar-refractivity contribution in [3.05, 3.63) is 23.6 Å². The number of nitrogens with zero attached hydrogens (tertiary/aromatic N) is 4. The second-order valence-electron chi connectivity index (χ2n) is 4.09. The predicted molar refractivity (Wildman–Crippen MR) is 75.4 cm³/mol. The van der Waals surface area contributed by atoms with E-state index in [-0.39, 0.29) is 17.3 Å². The van der Waals surface area contributed by atoms with Crippen LogP contribution in [-0.4, -0.2) is 35.5 Å². The Labute approximate surface area is 119 Å². The van der Waals surface area contributed by atoms with Crippen LogP contribution in [0.1, 0.15) is 6.42 Å². The lowest BCUT2D eigenvalue weighted by molar-refractivity contribution is 0.373. The van der Waals surface area contributed by atoms with E-state index in [4.69, 9.17) is 27.1 Å². The van der Waals surface area contributed by atoms with Crippen LogP contribution in [0.5, 0.6) is 0 Å². The molecule has 2 rings (SSSR count). The highest BCUT2D eigenvalue weighted by Crippen LogP contribution is 2.34. The molecule has 0 atom stereocenters. The van der Waals surface area contributed by atoms with Crippen molar-refractivity contribution in [3.8, 4) is 0 Å². The van der Waals surface area contributed by atoms with Crippen molar-refractivity contribution < 1.29 is 14.4 Å². The summed E-state index contributed by atoms with van der Waals surface area (Å²) >= 11 is 5.90. The summed E-state index contributed by atoms with van der Waals surface area (Å²) in [4.78, 5) is 29.4. The SMILES string of the molecule is Nc1nc(Cl)c2ncn(CC=CCCP(=O)(O)O)c2n1. The Hall–Kier alpha value is -1.47. The highest BCUT2D eigenvalue weighted by molar-refractivity contribution is 7.51. The van der Waals surface area contributed by atoms with E-state index in [0.29, 0.717) is 24.1 Å². The van der Waals surface area contributed by atoms with Crippen molar-refractivity contribution >= 4 is 36.3 Å². The van der Waals surface area contributed by atoms with E-state index in [9.17, 15) is 4.57 Å². The molecule has 108 valence electrons. The van der Waals surface area contributed by atoms with Gasteiger partial charge in [0.05, 0.1) is 12.5 Å². The molecule has 0 radical (unpaired) electrons. The van der Waals surface area contributed by atoms with Crippen molar-refractivity contribution in [3.63, 3.8) is 0 Å². The molecule has 0 saturated heterocycles. The number of imidazole rings is 1. The van der Waals surface area contributed by atoms with E-state index < -0.39 is 7.60 Å². The minimum atomic E-state index is -3.94. The molecule has 0 aliphatic carbocycles. The molecule has 20 heavy (non-hydrogen) atoms. The molecular formula is C10H13ClN5O3P. The normalized spacial score (nSPS) is 12.6. The van der Waals surface area contributed by atoms with Crippen LogP contribution in [0.4, 0.5) is 5.95 Å². The Balaban J connectivity index is 2.07. The highest BCUT2D eigenvalue weighted by atomic mass is 35.5. The van der Waals surface area contributed by atoms with Crippen LogP contribution >= 0.6 is 19.2 Å². The monoisotopic (exact) mass is 317 g/mol. The van der Waals surface area contributed by atoms with Gasteiger partial charge in [-0.25, -0.2) is 4.98 Å². The van der Waals surface area contributed by atoms with Gasteiger partial charge in [0.25, 0.3) is 0 Å². The van der Waals surface area contributed by atoms with Gasteiger partial charge in [0, 0.05) is 6.54 Å². The van der Waals surface area contributed by atoms with Gasteiger partial charge < -0.3 is 20.1 Å². The molecule has 0 amide bonds. The molecule has 0 aliphatic heterocycles. The molecule has 0 saturated carbocycles. The van der Waals surface area contributed by atoms with E-state index >= 15 is 0 Å². The smallest absolute Gasteiger partial charge is 0.325 e. The summed E-state index contributed by atoms with van der Waals surface area (Å²) in [6, 6.07) is 0. The third-order valence-corrected chi connectivity index (χ3v) is 3.60.